The third-order valence-corrected chi connectivity index (χ3v) is 6.33. The Morgan fingerprint density at radius 2 is 1.58 bits per heavy atom. The molecular weight excluding hydrogens is 505 g/mol. The average molecular weight is 528 g/mol. The van der Waals surface area contributed by atoms with E-state index in [1.165, 1.54) is 31.3 Å². The lowest BCUT2D eigenvalue weighted by atomic mass is 9.94. The summed E-state index contributed by atoms with van der Waals surface area (Å²) in [5.74, 6) is -0.892. The predicted octanol–water partition coefficient (Wildman–Crippen LogP) is 6.04. The van der Waals surface area contributed by atoms with Crippen molar-refractivity contribution in [2.45, 2.75) is 13.0 Å². The summed E-state index contributed by atoms with van der Waals surface area (Å²) in [6.45, 7) is 2.36. The summed E-state index contributed by atoms with van der Waals surface area (Å²) in [5.41, 5.74) is 1.07. The Morgan fingerprint density at radius 1 is 0.944 bits per heavy atom. The molecule has 1 amide bonds. The lowest BCUT2D eigenvalue weighted by molar-refractivity contribution is -0.132. The number of carbonyl (C=O) groups excluding carboxylic acids is 2. The molecule has 9 heteroatoms. The van der Waals surface area contributed by atoms with Gasteiger partial charge in [0.15, 0.2) is 0 Å². The van der Waals surface area contributed by atoms with Gasteiger partial charge in [-0.25, -0.2) is 0 Å². The molecule has 0 aromatic heterocycles. The van der Waals surface area contributed by atoms with Crippen LogP contribution < -0.4 is 19.1 Å². The topological polar surface area (TPSA) is 85.3 Å². The van der Waals surface area contributed by atoms with E-state index in [1.807, 2.05) is 6.92 Å². The van der Waals surface area contributed by atoms with Gasteiger partial charge >= 0.3 is 0 Å². The molecule has 36 heavy (non-hydrogen) atoms. The highest BCUT2D eigenvalue weighted by molar-refractivity contribution is 6.51. The van der Waals surface area contributed by atoms with E-state index in [1.54, 1.807) is 48.5 Å². The maximum absolute atomic E-state index is 13.4. The molecule has 0 bridgehead atoms. The van der Waals surface area contributed by atoms with Crippen molar-refractivity contribution < 1.29 is 28.9 Å². The van der Waals surface area contributed by atoms with Crippen LogP contribution in [0.3, 0.4) is 0 Å². The second-order valence-electron chi connectivity index (χ2n) is 7.83. The highest BCUT2D eigenvalue weighted by Gasteiger charge is 2.47. The van der Waals surface area contributed by atoms with E-state index in [4.69, 9.17) is 37.4 Å². The predicted molar refractivity (Wildman–Crippen MR) is 138 cm³/mol. The molecule has 3 aromatic carbocycles. The third kappa shape index (κ3) is 4.59. The number of halogens is 2. The maximum Gasteiger partial charge on any atom is 0.300 e. The van der Waals surface area contributed by atoms with Gasteiger partial charge in [-0.15, -0.1) is 0 Å². The van der Waals surface area contributed by atoms with Gasteiger partial charge in [0.05, 0.1) is 43.0 Å². The van der Waals surface area contributed by atoms with Crippen LogP contribution in [0.5, 0.6) is 17.2 Å². The molecule has 186 valence electrons. The van der Waals surface area contributed by atoms with Crippen molar-refractivity contribution in [3.8, 4) is 17.2 Å². The number of rotatable bonds is 7. The summed E-state index contributed by atoms with van der Waals surface area (Å²) >= 11 is 12.4. The Kier molecular flexibility index (Phi) is 7.43. The van der Waals surface area contributed by atoms with Crippen LogP contribution in [0, 0.1) is 0 Å². The van der Waals surface area contributed by atoms with E-state index in [-0.39, 0.29) is 21.9 Å². The van der Waals surface area contributed by atoms with Crippen molar-refractivity contribution in [3.63, 3.8) is 0 Å². The van der Waals surface area contributed by atoms with Crippen LogP contribution in [-0.2, 0) is 9.59 Å². The smallest absolute Gasteiger partial charge is 0.300 e. The molecule has 1 N–H and O–H groups in total. The normalized spacial score (nSPS) is 16.8. The van der Waals surface area contributed by atoms with Gasteiger partial charge in [-0.1, -0.05) is 35.3 Å². The Morgan fingerprint density at radius 3 is 2.17 bits per heavy atom. The van der Waals surface area contributed by atoms with Gasteiger partial charge in [0.25, 0.3) is 11.7 Å². The molecular formula is C27H23Cl2NO6. The maximum atomic E-state index is 13.4. The van der Waals surface area contributed by atoms with E-state index in [2.05, 4.69) is 0 Å². The molecule has 1 aliphatic rings. The summed E-state index contributed by atoms with van der Waals surface area (Å²) in [6.07, 6.45) is 0. The number of ether oxygens (including phenoxy) is 3. The van der Waals surface area contributed by atoms with Crippen LogP contribution in [0.1, 0.15) is 24.1 Å². The van der Waals surface area contributed by atoms with Crippen LogP contribution in [0.25, 0.3) is 5.76 Å². The number of ketones is 1. The molecule has 1 fully saturated rings. The van der Waals surface area contributed by atoms with Crippen LogP contribution in [0.15, 0.2) is 66.2 Å². The van der Waals surface area contributed by atoms with E-state index >= 15 is 0 Å². The molecule has 1 atom stereocenters. The fourth-order valence-corrected chi connectivity index (χ4v) is 4.49. The van der Waals surface area contributed by atoms with Gasteiger partial charge in [0.1, 0.15) is 23.0 Å². The molecule has 0 saturated carbocycles. The van der Waals surface area contributed by atoms with E-state index in [0.717, 1.165) is 0 Å². The van der Waals surface area contributed by atoms with Crippen LogP contribution in [0.4, 0.5) is 5.69 Å². The lowest BCUT2D eigenvalue weighted by Gasteiger charge is -2.26. The largest absolute Gasteiger partial charge is 0.507 e. The zero-order valence-electron chi connectivity index (χ0n) is 19.7. The number of methoxy groups -OCH3 is 2. The molecule has 4 rings (SSSR count). The number of benzene rings is 3. The fourth-order valence-electron chi connectivity index (χ4n) is 4.12. The molecule has 0 aliphatic carbocycles. The zero-order chi connectivity index (χ0) is 26.0. The third-order valence-electron chi connectivity index (χ3n) is 5.79. The lowest BCUT2D eigenvalue weighted by Crippen LogP contribution is -2.29. The Labute approximate surface area is 218 Å². The number of nitrogens with zero attached hydrogens (tertiary/aromatic N) is 1. The van der Waals surface area contributed by atoms with Gasteiger partial charge < -0.3 is 19.3 Å². The number of anilines is 1. The van der Waals surface area contributed by atoms with Gasteiger partial charge in [0, 0.05) is 16.8 Å². The molecule has 1 unspecified atom stereocenters. The molecule has 0 spiro atoms. The molecule has 1 aliphatic heterocycles. The molecule has 7 nitrogen and oxygen atoms in total. The van der Waals surface area contributed by atoms with E-state index in [0.29, 0.717) is 34.4 Å². The van der Waals surface area contributed by atoms with Crippen molar-refractivity contribution in [2.75, 3.05) is 25.7 Å². The first-order valence-electron chi connectivity index (χ1n) is 11.0. The number of aliphatic hydroxyl groups excluding tert-OH is 1. The van der Waals surface area contributed by atoms with Crippen molar-refractivity contribution in [3.05, 3.63) is 87.4 Å². The van der Waals surface area contributed by atoms with Crippen LogP contribution in [0.2, 0.25) is 10.0 Å². The molecule has 0 radical (unpaired) electrons. The number of carbonyl (C=O) groups is 2. The van der Waals surface area contributed by atoms with Crippen molar-refractivity contribution >= 4 is 46.3 Å². The monoisotopic (exact) mass is 527 g/mol. The van der Waals surface area contributed by atoms with Gasteiger partial charge in [0.2, 0.25) is 0 Å². The first-order valence-corrected chi connectivity index (χ1v) is 11.8. The van der Waals surface area contributed by atoms with Crippen molar-refractivity contribution in [2.24, 2.45) is 0 Å². The van der Waals surface area contributed by atoms with Crippen molar-refractivity contribution in [1.29, 1.82) is 0 Å². The fraction of sp³-hybridized carbons (Fsp3) is 0.185. The summed E-state index contributed by atoms with van der Waals surface area (Å²) in [5, 5.41) is 12.1. The van der Waals surface area contributed by atoms with E-state index < -0.39 is 23.5 Å². The number of Topliss-reactive ketones (excluding diaryl/α,β-unsaturated/α-hetero) is 1. The minimum atomic E-state index is -0.938. The summed E-state index contributed by atoms with van der Waals surface area (Å²) < 4.78 is 16.2. The Bertz CT molecular complexity index is 1340. The summed E-state index contributed by atoms with van der Waals surface area (Å²) in [4.78, 5) is 28.0. The molecule has 1 heterocycles. The highest BCUT2D eigenvalue weighted by Crippen LogP contribution is 2.45. The minimum Gasteiger partial charge on any atom is -0.507 e. The summed E-state index contributed by atoms with van der Waals surface area (Å²) in [7, 11) is 2.86. The first-order chi connectivity index (χ1) is 17.3. The molecule has 1 saturated heterocycles. The SMILES string of the molecule is CCOc1ccc(C2/C(=C(\O)c3cc(Cl)c(OC)cc3OC)C(=O)C(=O)N2c2ccc(Cl)cc2)cc1. The van der Waals surface area contributed by atoms with Gasteiger partial charge in [-0.05, 0) is 55.0 Å². The minimum absolute atomic E-state index is 0.112. The first kappa shape index (κ1) is 25.4. The Balaban J connectivity index is 1.95. The van der Waals surface area contributed by atoms with Gasteiger partial charge in [-0.2, -0.15) is 0 Å². The standard InChI is InChI=1S/C27H23Cl2NO6/c1-4-36-18-11-5-15(6-12-18)24-23(25(31)19-13-20(29)22(35-3)14-21(19)34-2)26(32)27(33)30(24)17-9-7-16(28)8-10-17/h5-14,24,31H,4H2,1-3H3/b25-23+. The second-order valence-corrected chi connectivity index (χ2v) is 8.68. The van der Waals surface area contributed by atoms with Gasteiger partial charge in [-0.3, -0.25) is 14.5 Å². The zero-order valence-corrected chi connectivity index (χ0v) is 21.3. The van der Waals surface area contributed by atoms with Crippen LogP contribution in [-0.4, -0.2) is 37.6 Å². The molecule has 3 aromatic rings. The summed E-state index contributed by atoms with van der Waals surface area (Å²) in [6, 6.07) is 15.5. The quantitative estimate of drug-likeness (QED) is 0.229. The van der Waals surface area contributed by atoms with Crippen LogP contribution >= 0.6 is 23.2 Å². The second kappa shape index (κ2) is 10.5. The number of amides is 1. The number of aliphatic hydroxyl groups is 1. The number of hydrogen-bond donors (Lipinski definition) is 1. The Hall–Kier alpha value is -3.68. The van der Waals surface area contributed by atoms with E-state index in [9.17, 15) is 14.7 Å². The van der Waals surface area contributed by atoms with Crippen molar-refractivity contribution in [1.82, 2.24) is 0 Å². The highest BCUT2D eigenvalue weighted by atomic mass is 35.5. The average Bonchev–Trinajstić information content (AvgIpc) is 3.15. The number of hydrogen-bond acceptors (Lipinski definition) is 6.